The Kier molecular flexibility index (Phi) is 5.13. The van der Waals surface area contributed by atoms with Crippen molar-refractivity contribution >= 4 is 11.6 Å². The van der Waals surface area contributed by atoms with Gasteiger partial charge in [-0.25, -0.2) is 0 Å². The predicted octanol–water partition coefficient (Wildman–Crippen LogP) is 4.42. The Labute approximate surface area is 140 Å². The van der Waals surface area contributed by atoms with Crippen molar-refractivity contribution in [2.24, 2.45) is 0 Å². The van der Waals surface area contributed by atoms with E-state index in [-0.39, 0.29) is 0 Å². The summed E-state index contributed by atoms with van der Waals surface area (Å²) in [7, 11) is 0. The summed E-state index contributed by atoms with van der Waals surface area (Å²) in [4.78, 5) is 0. The molecule has 3 rings (SSSR count). The highest BCUT2D eigenvalue weighted by Crippen LogP contribution is 2.24. The number of furan rings is 1. The van der Waals surface area contributed by atoms with Crippen molar-refractivity contribution in [3.63, 3.8) is 0 Å². The summed E-state index contributed by atoms with van der Waals surface area (Å²) in [6.45, 7) is 1.03. The van der Waals surface area contributed by atoms with Crippen LogP contribution >= 0.6 is 11.6 Å². The zero-order chi connectivity index (χ0) is 16.1. The molecule has 0 aliphatic heterocycles. The quantitative estimate of drug-likeness (QED) is 0.704. The Morgan fingerprint density at radius 3 is 2.61 bits per heavy atom. The highest BCUT2D eigenvalue weighted by Gasteiger charge is 2.08. The molecule has 0 radical (unpaired) electrons. The molecule has 1 heterocycles. The molecule has 118 valence electrons. The molecule has 3 nitrogen and oxygen atoms in total. The van der Waals surface area contributed by atoms with Crippen LogP contribution in [0.25, 0.3) is 11.3 Å². The molecule has 4 heteroatoms. The van der Waals surface area contributed by atoms with Gasteiger partial charge in [-0.1, -0.05) is 54.1 Å². The molecule has 0 bridgehead atoms. The number of halogens is 1. The van der Waals surface area contributed by atoms with Crippen molar-refractivity contribution in [1.29, 1.82) is 0 Å². The first-order valence-corrected chi connectivity index (χ1v) is 7.88. The van der Waals surface area contributed by atoms with Crippen molar-refractivity contribution in [2.45, 2.75) is 12.6 Å². The number of nitrogens with one attached hydrogen (secondary N) is 1. The van der Waals surface area contributed by atoms with E-state index < -0.39 is 6.10 Å². The minimum atomic E-state index is -0.529. The molecule has 0 aliphatic carbocycles. The van der Waals surface area contributed by atoms with Crippen molar-refractivity contribution in [2.75, 3.05) is 6.54 Å². The number of benzene rings is 2. The summed E-state index contributed by atoms with van der Waals surface area (Å²) in [5.41, 5.74) is 1.85. The fraction of sp³-hybridized carbons (Fsp3) is 0.158. The number of hydrogen-bond donors (Lipinski definition) is 2. The third-order valence-electron chi connectivity index (χ3n) is 3.59. The third kappa shape index (κ3) is 4.23. The molecular weight excluding hydrogens is 310 g/mol. The average Bonchev–Trinajstić information content (AvgIpc) is 3.04. The fourth-order valence-electron chi connectivity index (χ4n) is 2.39. The maximum Gasteiger partial charge on any atom is 0.134 e. The molecule has 2 aromatic carbocycles. The lowest BCUT2D eigenvalue weighted by atomic mass is 10.1. The van der Waals surface area contributed by atoms with Gasteiger partial charge in [-0.2, -0.15) is 0 Å². The molecule has 23 heavy (non-hydrogen) atoms. The highest BCUT2D eigenvalue weighted by atomic mass is 35.5. The van der Waals surface area contributed by atoms with Crippen molar-refractivity contribution in [1.82, 2.24) is 5.32 Å². The molecule has 3 aromatic rings. The topological polar surface area (TPSA) is 45.4 Å². The predicted molar refractivity (Wildman–Crippen MR) is 92.3 cm³/mol. The lowest BCUT2D eigenvalue weighted by Gasteiger charge is -2.11. The van der Waals surface area contributed by atoms with Crippen LogP contribution < -0.4 is 5.32 Å². The number of aliphatic hydroxyl groups excluding tert-OH is 1. The highest BCUT2D eigenvalue weighted by molar-refractivity contribution is 6.30. The molecule has 0 amide bonds. The van der Waals surface area contributed by atoms with E-state index >= 15 is 0 Å². The number of hydrogen-bond acceptors (Lipinski definition) is 3. The first kappa shape index (κ1) is 15.8. The maximum atomic E-state index is 10.1. The van der Waals surface area contributed by atoms with E-state index in [9.17, 15) is 5.11 Å². The number of rotatable bonds is 6. The van der Waals surface area contributed by atoms with E-state index in [0.29, 0.717) is 18.1 Å². The van der Waals surface area contributed by atoms with Gasteiger partial charge in [-0.05, 0) is 29.8 Å². The van der Waals surface area contributed by atoms with E-state index in [0.717, 1.165) is 22.6 Å². The van der Waals surface area contributed by atoms with Crippen LogP contribution in [0.3, 0.4) is 0 Å². The second-order valence-electron chi connectivity index (χ2n) is 5.33. The first-order chi connectivity index (χ1) is 11.2. The van der Waals surface area contributed by atoms with Gasteiger partial charge in [0.1, 0.15) is 11.5 Å². The Hall–Kier alpha value is -2.07. The van der Waals surface area contributed by atoms with E-state index in [2.05, 4.69) is 5.32 Å². The first-order valence-electron chi connectivity index (χ1n) is 7.51. The molecule has 0 unspecified atom stereocenters. The van der Waals surface area contributed by atoms with E-state index in [4.69, 9.17) is 16.0 Å². The molecule has 0 saturated carbocycles. The Bertz CT molecular complexity index is 755. The van der Waals surface area contributed by atoms with Crippen molar-refractivity contribution in [3.05, 3.63) is 83.1 Å². The van der Waals surface area contributed by atoms with Crippen LogP contribution in [0.4, 0.5) is 0 Å². The summed E-state index contributed by atoms with van der Waals surface area (Å²) in [5.74, 6) is 1.60. The Morgan fingerprint density at radius 1 is 1.00 bits per heavy atom. The van der Waals surface area contributed by atoms with Gasteiger partial charge in [0.05, 0.1) is 12.6 Å². The van der Waals surface area contributed by atoms with E-state index in [1.54, 1.807) is 0 Å². The summed E-state index contributed by atoms with van der Waals surface area (Å²) in [5, 5.41) is 14.0. The zero-order valence-electron chi connectivity index (χ0n) is 12.6. The molecule has 0 aliphatic rings. The third-order valence-corrected chi connectivity index (χ3v) is 3.83. The monoisotopic (exact) mass is 327 g/mol. The molecule has 0 spiro atoms. The summed E-state index contributed by atoms with van der Waals surface area (Å²) >= 11 is 6.00. The van der Waals surface area contributed by atoms with Crippen molar-refractivity contribution < 1.29 is 9.52 Å². The minimum Gasteiger partial charge on any atom is -0.460 e. The Balaban J connectivity index is 1.55. The lowest BCUT2D eigenvalue weighted by Crippen LogP contribution is -2.20. The maximum absolute atomic E-state index is 10.1. The van der Waals surface area contributed by atoms with Gasteiger partial charge >= 0.3 is 0 Å². The van der Waals surface area contributed by atoms with Crippen LogP contribution in [-0.2, 0) is 6.54 Å². The molecular formula is C19H18ClNO2. The second kappa shape index (κ2) is 7.47. The van der Waals surface area contributed by atoms with Gasteiger partial charge in [0.25, 0.3) is 0 Å². The fourth-order valence-corrected chi connectivity index (χ4v) is 2.59. The molecule has 2 N–H and O–H groups in total. The zero-order valence-corrected chi connectivity index (χ0v) is 13.3. The molecule has 1 aromatic heterocycles. The lowest BCUT2D eigenvalue weighted by molar-refractivity contribution is 0.173. The summed E-state index contributed by atoms with van der Waals surface area (Å²) < 4.78 is 5.81. The normalized spacial score (nSPS) is 12.3. The van der Waals surface area contributed by atoms with Gasteiger partial charge in [0, 0.05) is 17.1 Å². The van der Waals surface area contributed by atoms with Crippen LogP contribution in [0.1, 0.15) is 17.4 Å². The minimum absolute atomic E-state index is 0.469. The van der Waals surface area contributed by atoms with Crippen LogP contribution in [-0.4, -0.2) is 11.7 Å². The van der Waals surface area contributed by atoms with Gasteiger partial charge in [-0.15, -0.1) is 0 Å². The van der Waals surface area contributed by atoms with E-state index in [1.807, 2.05) is 66.7 Å². The van der Waals surface area contributed by atoms with Gasteiger partial charge in [-0.3, -0.25) is 0 Å². The largest absolute Gasteiger partial charge is 0.460 e. The van der Waals surface area contributed by atoms with Crippen LogP contribution in [0.5, 0.6) is 0 Å². The summed E-state index contributed by atoms with van der Waals surface area (Å²) in [6.07, 6.45) is -0.529. The number of aliphatic hydroxyl groups is 1. The molecule has 1 atom stereocenters. The Morgan fingerprint density at radius 2 is 1.83 bits per heavy atom. The molecule has 0 saturated heterocycles. The van der Waals surface area contributed by atoms with Crippen LogP contribution in [0, 0.1) is 0 Å². The van der Waals surface area contributed by atoms with Gasteiger partial charge < -0.3 is 14.8 Å². The van der Waals surface area contributed by atoms with Crippen molar-refractivity contribution in [3.8, 4) is 11.3 Å². The van der Waals surface area contributed by atoms with Crippen LogP contribution in [0.2, 0.25) is 5.02 Å². The smallest absolute Gasteiger partial charge is 0.134 e. The standard InChI is InChI=1S/C19H18ClNO2/c20-16-8-4-7-15(11-16)19-10-9-17(23-19)12-21-13-18(22)14-5-2-1-3-6-14/h1-11,18,21-22H,12-13H2/t18-/m0/s1. The average molecular weight is 328 g/mol. The SMILES string of the molecule is O[C@@H](CNCc1ccc(-c2cccc(Cl)c2)o1)c1ccccc1. The van der Waals surface area contributed by atoms with Gasteiger partial charge in [0.15, 0.2) is 0 Å². The van der Waals surface area contributed by atoms with Gasteiger partial charge in [0.2, 0.25) is 0 Å². The summed E-state index contributed by atoms with van der Waals surface area (Å²) in [6, 6.07) is 21.0. The van der Waals surface area contributed by atoms with Crippen LogP contribution in [0.15, 0.2) is 71.1 Å². The molecule has 0 fully saturated rings. The van der Waals surface area contributed by atoms with E-state index in [1.165, 1.54) is 0 Å². The second-order valence-corrected chi connectivity index (χ2v) is 5.77.